The number of nitrogens with zero attached hydrogens (tertiary/aromatic N) is 2. The van der Waals surface area contributed by atoms with Crippen molar-refractivity contribution in [3.05, 3.63) is 34.2 Å². The molecule has 19 heavy (non-hydrogen) atoms. The average molecular weight is 262 g/mol. The summed E-state index contributed by atoms with van der Waals surface area (Å²) in [5.41, 5.74) is 1.20. The number of aromatic nitrogens is 1. The van der Waals surface area contributed by atoms with E-state index in [1.807, 2.05) is 16.7 Å². The molecule has 0 saturated carbocycles. The van der Waals surface area contributed by atoms with E-state index in [0.717, 1.165) is 31.7 Å². The number of carboxylic acids is 1. The van der Waals surface area contributed by atoms with Crippen molar-refractivity contribution < 1.29 is 9.90 Å². The molecule has 3 rings (SSSR count). The molecule has 0 amide bonds. The fraction of sp³-hybridized carbons (Fsp3) is 0.571. The van der Waals surface area contributed by atoms with Crippen molar-refractivity contribution in [1.82, 2.24) is 9.47 Å². The maximum absolute atomic E-state index is 11.9. The summed E-state index contributed by atoms with van der Waals surface area (Å²) in [6.07, 6.45) is 1.31. The van der Waals surface area contributed by atoms with Gasteiger partial charge in [0.15, 0.2) is 0 Å². The Morgan fingerprint density at radius 2 is 2.16 bits per heavy atom. The normalized spacial score (nSPS) is 25.9. The molecule has 0 spiro atoms. The molecule has 3 heterocycles. The van der Waals surface area contributed by atoms with E-state index in [2.05, 4.69) is 4.90 Å². The molecule has 0 aliphatic carbocycles. The maximum atomic E-state index is 11.9. The van der Waals surface area contributed by atoms with Crippen molar-refractivity contribution in [1.29, 1.82) is 0 Å². The van der Waals surface area contributed by atoms with Crippen molar-refractivity contribution in [2.45, 2.75) is 25.3 Å². The number of hydrogen-bond donors (Lipinski definition) is 1. The first-order valence-electron chi connectivity index (χ1n) is 6.77. The molecule has 1 saturated heterocycles. The number of likely N-dealkylation sites (tertiary alicyclic amines) is 1. The Kier molecular flexibility index (Phi) is 3.14. The number of hydrogen-bond acceptors (Lipinski definition) is 3. The van der Waals surface area contributed by atoms with Gasteiger partial charge in [-0.1, -0.05) is 6.07 Å². The van der Waals surface area contributed by atoms with Crippen molar-refractivity contribution in [3.8, 4) is 0 Å². The zero-order valence-corrected chi connectivity index (χ0v) is 10.8. The lowest BCUT2D eigenvalue weighted by Gasteiger charge is -2.42. The summed E-state index contributed by atoms with van der Waals surface area (Å²) < 4.78 is 1.90. The molecule has 5 heteroatoms. The van der Waals surface area contributed by atoms with Crippen molar-refractivity contribution in [2.24, 2.45) is 5.92 Å². The van der Waals surface area contributed by atoms with Gasteiger partial charge in [0.05, 0.1) is 6.42 Å². The van der Waals surface area contributed by atoms with Gasteiger partial charge < -0.3 is 14.6 Å². The third-order valence-corrected chi connectivity index (χ3v) is 4.20. The maximum Gasteiger partial charge on any atom is 0.304 e. The first-order valence-corrected chi connectivity index (χ1v) is 6.77. The topological polar surface area (TPSA) is 62.5 Å². The van der Waals surface area contributed by atoms with Crippen LogP contribution in [-0.2, 0) is 11.3 Å². The van der Waals surface area contributed by atoms with Gasteiger partial charge in [-0.2, -0.15) is 0 Å². The predicted molar refractivity (Wildman–Crippen MR) is 70.2 cm³/mol. The van der Waals surface area contributed by atoms with E-state index in [4.69, 9.17) is 5.11 Å². The molecular formula is C14H18N2O3. The Morgan fingerprint density at radius 1 is 1.32 bits per heavy atom. The highest BCUT2D eigenvalue weighted by atomic mass is 16.4. The largest absolute Gasteiger partial charge is 0.481 e. The van der Waals surface area contributed by atoms with E-state index < -0.39 is 5.97 Å². The predicted octanol–water partition coefficient (Wildman–Crippen LogP) is 0.742. The summed E-state index contributed by atoms with van der Waals surface area (Å²) in [6, 6.07) is 5.47. The Hall–Kier alpha value is -1.62. The third-order valence-electron chi connectivity index (χ3n) is 4.20. The van der Waals surface area contributed by atoms with E-state index in [0.29, 0.717) is 18.4 Å². The number of fused-ring (bicyclic) bond motifs is 4. The first kappa shape index (κ1) is 12.4. The molecule has 1 N–H and O–H groups in total. The van der Waals surface area contributed by atoms with E-state index in [1.54, 1.807) is 6.07 Å². The van der Waals surface area contributed by atoms with Gasteiger partial charge in [-0.15, -0.1) is 0 Å². The quantitative estimate of drug-likeness (QED) is 0.873. The summed E-state index contributed by atoms with van der Waals surface area (Å²) >= 11 is 0. The van der Waals surface area contributed by atoms with Gasteiger partial charge >= 0.3 is 5.97 Å². The van der Waals surface area contributed by atoms with Gasteiger partial charge in [0.2, 0.25) is 0 Å². The summed E-state index contributed by atoms with van der Waals surface area (Å²) in [6.45, 7) is 3.16. The summed E-state index contributed by atoms with van der Waals surface area (Å²) in [5, 5.41) is 8.77. The molecular weight excluding hydrogens is 244 g/mol. The van der Waals surface area contributed by atoms with Crippen LogP contribution in [0.25, 0.3) is 0 Å². The molecule has 102 valence electrons. The SMILES string of the molecule is O=C(O)CCN1C[C@H]2C[C@@H](C1)c1cccc(=O)n1C2. The molecule has 1 fully saturated rings. The Bertz CT molecular complexity index is 552. The van der Waals surface area contributed by atoms with Crippen LogP contribution in [0.1, 0.15) is 24.5 Å². The van der Waals surface area contributed by atoms with Gasteiger partial charge in [0.25, 0.3) is 5.56 Å². The fourth-order valence-electron chi connectivity index (χ4n) is 3.43. The van der Waals surface area contributed by atoms with E-state index in [9.17, 15) is 9.59 Å². The van der Waals surface area contributed by atoms with Crippen LogP contribution in [0.3, 0.4) is 0 Å². The minimum Gasteiger partial charge on any atom is -0.481 e. The van der Waals surface area contributed by atoms with Crippen molar-refractivity contribution in [2.75, 3.05) is 19.6 Å². The van der Waals surface area contributed by atoms with Crippen LogP contribution >= 0.6 is 0 Å². The van der Waals surface area contributed by atoms with Gasteiger partial charge in [-0.05, 0) is 18.4 Å². The lowest BCUT2D eigenvalue weighted by atomic mass is 9.83. The second-order valence-electron chi connectivity index (χ2n) is 5.60. The molecule has 0 unspecified atom stereocenters. The van der Waals surface area contributed by atoms with Crippen LogP contribution < -0.4 is 5.56 Å². The van der Waals surface area contributed by atoms with E-state index in [1.165, 1.54) is 0 Å². The Labute approximate surface area is 111 Å². The van der Waals surface area contributed by atoms with Gasteiger partial charge in [0.1, 0.15) is 0 Å². The molecule has 2 aliphatic rings. The molecule has 0 aromatic carbocycles. The lowest BCUT2D eigenvalue weighted by Crippen LogP contribution is -2.47. The number of carboxylic acid groups (broad SMARTS) is 1. The number of pyridine rings is 1. The standard InChI is InChI=1S/C14H18N2O3/c17-13-3-1-2-12-11-6-10(8-16(12)13)7-15(9-11)5-4-14(18)19/h1-3,10-11H,4-9H2,(H,18,19)/t10-,11+/m1/s1. The first-order chi connectivity index (χ1) is 9.13. The summed E-state index contributed by atoms with van der Waals surface area (Å²) in [5.74, 6) is 0.0997. The van der Waals surface area contributed by atoms with Gasteiger partial charge in [-0.3, -0.25) is 9.59 Å². The second kappa shape index (κ2) is 4.81. The van der Waals surface area contributed by atoms with Gasteiger partial charge in [-0.25, -0.2) is 0 Å². The van der Waals surface area contributed by atoms with Crippen LogP contribution in [0, 0.1) is 5.92 Å². The highest BCUT2D eigenvalue weighted by Gasteiger charge is 2.34. The molecule has 1 aromatic heterocycles. The van der Waals surface area contributed by atoms with E-state index in [-0.39, 0.29) is 12.0 Å². The van der Waals surface area contributed by atoms with Crippen LogP contribution in [0.5, 0.6) is 0 Å². The van der Waals surface area contributed by atoms with Crippen LogP contribution in [-0.4, -0.2) is 40.2 Å². The molecule has 0 radical (unpaired) electrons. The number of rotatable bonds is 3. The third kappa shape index (κ3) is 2.42. The molecule has 1 aromatic rings. The highest BCUT2D eigenvalue weighted by molar-refractivity contribution is 5.66. The average Bonchev–Trinajstić information content (AvgIpc) is 2.38. The Balaban J connectivity index is 1.80. The fourth-order valence-corrected chi connectivity index (χ4v) is 3.43. The molecule has 2 bridgehead atoms. The lowest BCUT2D eigenvalue weighted by molar-refractivity contribution is -0.137. The minimum atomic E-state index is -0.743. The van der Waals surface area contributed by atoms with Crippen molar-refractivity contribution in [3.63, 3.8) is 0 Å². The zero-order valence-electron chi connectivity index (χ0n) is 10.8. The van der Waals surface area contributed by atoms with Crippen molar-refractivity contribution >= 4 is 5.97 Å². The number of piperidine rings is 1. The van der Waals surface area contributed by atoms with Crippen LogP contribution in [0.2, 0.25) is 0 Å². The second-order valence-corrected chi connectivity index (χ2v) is 5.60. The Morgan fingerprint density at radius 3 is 2.95 bits per heavy atom. The van der Waals surface area contributed by atoms with Crippen LogP contribution in [0.15, 0.2) is 23.0 Å². The summed E-state index contributed by atoms with van der Waals surface area (Å²) in [4.78, 5) is 24.8. The smallest absolute Gasteiger partial charge is 0.304 e. The number of aliphatic carboxylic acids is 1. The zero-order chi connectivity index (χ0) is 13.4. The minimum absolute atomic E-state index is 0.0891. The van der Waals surface area contributed by atoms with E-state index >= 15 is 0 Å². The molecule has 2 aliphatic heterocycles. The van der Waals surface area contributed by atoms with Gasteiger partial charge in [0, 0.05) is 43.9 Å². The van der Waals surface area contributed by atoms with Crippen LogP contribution in [0.4, 0.5) is 0 Å². The highest BCUT2D eigenvalue weighted by Crippen LogP contribution is 2.34. The summed E-state index contributed by atoms with van der Waals surface area (Å²) in [7, 11) is 0. The molecule has 5 nitrogen and oxygen atoms in total. The number of carbonyl (C=O) groups is 1. The monoisotopic (exact) mass is 262 g/mol. The molecule has 2 atom stereocenters.